The number of fused-ring (bicyclic) bond motifs is 1. The lowest BCUT2D eigenvalue weighted by Gasteiger charge is -2.06. The third-order valence-electron chi connectivity index (χ3n) is 2.83. The lowest BCUT2D eigenvalue weighted by Crippen LogP contribution is -2.22. The second kappa shape index (κ2) is 4.35. The summed E-state index contributed by atoms with van der Waals surface area (Å²) in [6.07, 6.45) is 0. The molecule has 0 amide bonds. The summed E-state index contributed by atoms with van der Waals surface area (Å²) in [5.41, 5.74) is 2.11. The highest BCUT2D eigenvalue weighted by atomic mass is 15.4. The zero-order chi connectivity index (χ0) is 13.2. The lowest BCUT2D eigenvalue weighted by atomic mass is 10.2. The summed E-state index contributed by atoms with van der Waals surface area (Å²) in [5.74, 6) is 0. The van der Waals surface area contributed by atoms with E-state index in [0.29, 0.717) is 16.8 Å². The Kier molecular flexibility index (Phi) is 2.54. The van der Waals surface area contributed by atoms with Crippen LogP contribution in [0.25, 0.3) is 16.6 Å². The summed E-state index contributed by atoms with van der Waals surface area (Å²) in [7, 11) is 0. The van der Waals surface area contributed by atoms with Gasteiger partial charge < -0.3 is 0 Å². The number of hydrogen-bond acceptors (Lipinski definition) is 4. The van der Waals surface area contributed by atoms with Gasteiger partial charge in [-0.15, -0.1) is 5.10 Å². The van der Waals surface area contributed by atoms with Gasteiger partial charge in [0.15, 0.2) is 5.49 Å². The van der Waals surface area contributed by atoms with Gasteiger partial charge in [0.05, 0.1) is 22.8 Å². The normalized spacial score (nSPS) is 10.3. The first-order valence-corrected chi connectivity index (χ1v) is 5.69. The first-order chi connectivity index (χ1) is 9.29. The molecule has 0 spiro atoms. The third kappa shape index (κ3) is 1.85. The van der Waals surface area contributed by atoms with E-state index < -0.39 is 0 Å². The maximum Gasteiger partial charge on any atom is 0.157 e. The molecule has 0 atom stereocenters. The van der Waals surface area contributed by atoms with Gasteiger partial charge in [-0.1, -0.05) is 23.4 Å². The maximum atomic E-state index is 8.91. The van der Waals surface area contributed by atoms with Crippen LogP contribution < -0.4 is 5.49 Å². The van der Waals surface area contributed by atoms with Crippen LogP contribution in [0.15, 0.2) is 48.5 Å². The Morgan fingerprint density at radius 1 is 1.11 bits per heavy atom. The predicted molar refractivity (Wildman–Crippen MR) is 69.4 cm³/mol. The van der Waals surface area contributed by atoms with Crippen LogP contribution in [0.4, 0.5) is 0 Å². The summed E-state index contributed by atoms with van der Waals surface area (Å²) in [4.78, 5) is 0. The molecule has 0 saturated carbocycles. The van der Waals surface area contributed by atoms with E-state index >= 15 is 0 Å². The van der Waals surface area contributed by atoms with Gasteiger partial charge in [-0.2, -0.15) is 9.94 Å². The van der Waals surface area contributed by atoms with Crippen LogP contribution in [0.2, 0.25) is 0 Å². The van der Waals surface area contributed by atoms with E-state index in [-0.39, 0.29) is 5.49 Å². The summed E-state index contributed by atoms with van der Waals surface area (Å²) in [5, 5.41) is 25.9. The Morgan fingerprint density at radius 3 is 2.79 bits per heavy atom. The minimum atomic E-state index is 0.251. The number of benzene rings is 2. The average Bonchev–Trinajstić information content (AvgIpc) is 2.48. The fraction of sp³-hybridized carbons (Fsp3) is 0. The van der Waals surface area contributed by atoms with Crippen LogP contribution in [0.5, 0.6) is 0 Å². The number of hydrogen-bond donors (Lipinski definition) is 1. The second-order valence-corrected chi connectivity index (χ2v) is 4.03. The van der Waals surface area contributed by atoms with Crippen molar-refractivity contribution in [2.75, 3.05) is 0 Å². The lowest BCUT2D eigenvalue weighted by molar-refractivity contribution is 0.716. The molecular weight excluding hydrogens is 238 g/mol. The highest BCUT2D eigenvalue weighted by Crippen LogP contribution is 2.09. The first-order valence-electron chi connectivity index (χ1n) is 5.69. The van der Waals surface area contributed by atoms with E-state index in [1.54, 1.807) is 24.3 Å². The second-order valence-electron chi connectivity index (χ2n) is 4.03. The van der Waals surface area contributed by atoms with E-state index in [1.165, 1.54) is 4.68 Å². The molecule has 0 fully saturated rings. The van der Waals surface area contributed by atoms with Gasteiger partial charge in [0.2, 0.25) is 0 Å². The number of nitrogens with zero attached hydrogens (tertiary/aromatic N) is 4. The minimum Gasteiger partial charge on any atom is -0.282 e. The van der Waals surface area contributed by atoms with Crippen LogP contribution >= 0.6 is 0 Å². The molecule has 0 radical (unpaired) electrons. The van der Waals surface area contributed by atoms with Crippen molar-refractivity contribution in [1.82, 2.24) is 15.0 Å². The van der Waals surface area contributed by atoms with Crippen LogP contribution in [0, 0.1) is 16.7 Å². The summed E-state index contributed by atoms with van der Waals surface area (Å²) < 4.78 is 1.42. The van der Waals surface area contributed by atoms with E-state index in [2.05, 4.69) is 16.4 Å². The van der Waals surface area contributed by atoms with Crippen molar-refractivity contribution in [3.8, 4) is 11.8 Å². The van der Waals surface area contributed by atoms with Gasteiger partial charge >= 0.3 is 0 Å². The molecule has 0 saturated heterocycles. The van der Waals surface area contributed by atoms with Gasteiger partial charge in [-0.25, -0.2) is 0 Å². The summed E-state index contributed by atoms with van der Waals surface area (Å²) in [6.45, 7) is 0. The molecular formula is C14H9N5. The van der Waals surface area contributed by atoms with E-state index in [9.17, 15) is 0 Å². The molecule has 5 nitrogen and oxygen atoms in total. The fourth-order valence-electron chi connectivity index (χ4n) is 1.90. The number of nitrogens with one attached hydrogen (secondary N) is 1. The van der Waals surface area contributed by atoms with Crippen LogP contribution in [-0.2, 0) is 0 Å². The van der Waals surface area contributed by atoms with E-state index in [4.69, 9.17) is 10.7 Å². The zero-order valence-electron chi connectivity index (χ0n) is 9.91. The zero-order valence-corrected chi connectivity index (χ0v) is 9.91. The van der Waals surface area contributed by atoms with Crippen molar-refractivity contribution in [3.05, 3.63) is 59.6 Å². The van der Waals surface area contributed by atoms with Gasteiger partial charge in [0.1, 0.15) is 0 Å². The molecule has 19 heavy (non-hydrogen) atoms. The fourth-order valence-corrected chi connectivity index (χ4v) is 1.90. The molecule has 0 aliphatic rings. The Bertz CT molecular complexity index is 857. The van der Waals surface area contributed by atoms with E-state index in [1.807, 2.05) is 24.3 Å². The minimum absolute atomic E-state index is 0.251. The third-order valence-corrected chi connectivity index (χ3v) is 2.83. The smallest absolute Gasteiger partial charge is 0.157 e. The molecule has 2 aromatic carbocycles. The van der Waals surface area contributed by atoms with Crippen LogP contribution in [0.3, 0.4) is 0 Å². The SMILES string of the molecule is N#Cc1cccc(-n2nnc3ccccc3c2=N)c1. The molecule has 3 aromatic rings. The Hall–Kier alpha value is -3.00. The highest BCUT2D eigenvalue weighted by molar-refractivity contribution is 5.76. The van der Waals surface area contributed by atoms with Gasteiger partial charge in [-0.05, 0) is 30.3 Å². The predicted octanol–water partition coefficient (Wildman–Crippen LogP) is 1.77. The molecule has 0 aliphatic heterocycles. The standard InChI is InChI=1S/C14H9N5/c15-9-10-4-3-5-11(8-10)19-14(16)12-6-1-2-7-13(12)17-18-19/h1-8,16H. The Morgan fingerprint density at radius 2 is 1.95 bits per heavy atom. The number of rotatable bonds is 1. The molecule has 0 bridgehead atoms. The molecule has 0 unspecified atom stereocenters. The first kappa shape index (κ1) is 11.1. The topological polar surface area (TPSA) is 78.3 Å². The molecule has 90 valence electrons. The van der Waals surface area contributed by atoms with Gasteiger partial charge in [0, 0.05) is 5.39 Å². The average molecular weight is 247 g/mol. The Balaban J connectivity index is 2.29. The number of nitriles is 1. The van der Waals surface area contributed by atoms with Crippen molar-refractivity contribution < 1.29 is 0 Å². The van der Waals surface area contributed by atoms with Crippen molar-refractivity contribution >= 4 is 10.9 Å². The quantitative estimate of drug-likeness (QED) is 0.711. The van der Waals surface area contributed by atoms with Crippen molar-refractivity contribution in [1.29, 1.82) is 10.7 Å². The molecule has 5 heteroatoms. The summed E-state index contributed by atoms with van der Waals surface area (Å²) in [6, 6.07) is 16.4. The molecule has 3 rings (SSSR count). The molecule has 1 aromatic heterocycles. The Labute approximate surface area is 108 Å². The number of aromatic nitrogens is 3. The van der Waals surface area contributed by atoms with Crippen LogP contribution in [0.1, 0.15) is 5.56 Å². The molecule has 0 aliphatic carbocycles. The van der Waals surface area contributed by atoms with Gasteiger partial charge in [-0.3, -0.25) is 5.41 Å². The molecule has 1 heterocycles. The summed E-state index contributed by atoms with van der Waals surface area (Å²) >= 11 is 0. The highest BCUT2D eigenvalue weighted by Gasteiger charge is 2.04. The monoisotopic (exact) mass is 247 g/mol. The van der Waals surface area contributed by atoms with Crippen LogP contribution in [-0.4, -0.2) is 15.0 Å². The van der Waals surface area contributed by atoms with Crippen molar-refractivity contribution in [2.45, 2.75) is 0 Å². The van der Waals surface area contributed by atoms with E-state index in [0.717, 1.165) is 5.39 Å². The van der Waals surface area contributed by atoms with Gasteiger partial charge in [0.25, 0.3) is 0 Å². The van der Waals surface area contributed by atoms with Crippen molar-refractivity contribution in [3.63, 3.8) is 0 Å². The van der Waals surface area contributed by atoms with Crippen molar-refractivity contribution in [2.24, 2.45) is 0 Å². The maximum absolute atomic E-state index is 8.91. The molecule has 1 N–H and O–H groups in total. The largest absolute Gasteiger partial charge is 0.282 e.